The van der Waals surface area contributed by atoms with Crippen LogP contribution in [-0.2, 0) is 11.3 Å². The van der Waals surface area contributed by atoms with Crippen molar-refractivity contribution in [1.82, 2.24) is 25.1 Å². The summed E-state index contributed by atoms with van der Waals surface area (Å²) in [6.07, 6.45) is 9.15. The molecule has 1 aliphatic heterocycles. The maximum absolute atomic E-state index is 12.7. The molecule has 0 radical (unpaired) electrons. The summed E-state index contributed by atoms with van der Waals surface area (Å²) in [5, 5.41) is 17.3. The fraction of sp³-hybridized carbons (Fsp3) is 0.360. The van der Waals surface area contributed by atoms with Crippen LogP contribution in [0.25, 0.3) is 0 Å². The highest BCUT2D eigenvalue weighted by atomic mass is 35.5. The molecule has 3 aromatic rings. The zero-order valence-electron chi connectivity index (χ0n) is 18.8. The number of piperidine rings is 1. The minimum atomic E-state index is -0.177. The Bertz CT molecular complexity index is 1360. The summed E-state index contributed by atoms with van der Waals surface area (Å²) in [5.41, 5.74) is 2.88. The molecule has 1 aromatic carbocycles. The molecule has 0 unspecified atom stereocenters. The summed E-state index contributed by atoms with van der Waals surface area (Å²) < 4.78 is 1.66. The van der Waals surface area contributed by atoms with Crippen molar-refractivity contribution in [3.05, 3.63) is 70.3 Å². The number of nitriles is 1. The molecule has 10 heteroatoms. The third kappa shape index (κ3) is 4.15. The molecule has 1 N–H and O–H groups in total. The first-order valence-corrected chi connectivity index (χ1v) is 12.0. The van der Waals surface area contributed by atoms with E-state index in [-0.39, 0.29) is 29.7 Å². The van der Waals surface area contributed by atoms with Gasteiger partial charge in [-0.2, -0.15) is 10.4 Å². The van der Waals surface area contributed by atoms with Crippen molar-refractivity contribution in [3.63, 3.8) is 0 Å². The third-order valence-electron chi connectivity index (χ3n) is 7.14. The summed E-state index contributed by atoms with van der Waals surface area (Å²) in [6.45, 7) is 1.13. The van der Waals surface area contributed by atoms with E-state index in [1.165, 1.54) is 0 Å². The first-order valence-electron chi connectivity index (χ1n) is 11.6. The molecular weight excluding hydrogens is 466 g/mol. The van der Waals surface area contributed by atoms with E-state index >= 15 is 0 Å². The highest BCUT2D eigenvalue weighted by molar-refractivity contribution is 6.30. The maximum atomic E-state index is 12.7. The Morgan fingerprint density at radius 1 is 1.20 bits per heavy atom. The van der Waals surface area contributed by atoms with Gasteiger partial charge in [-0.25, -0.2) is 9.97 Å². The topological polar surface area (TPSA) is 117 Å². The maximum Gasteiger partial charge on any atom is 0.254 e. The molecule has 35 heavy (non-hydrogen) atoms. The van der Waals surface area contributed by atoms with Gasteiger partial charge in [-0.05, 0) is 54.9 Å². The van der Waals surface area contributed by atoms with Gasteiger partial charge in [0.15, 0.2) is 0 Å². The number of nitrogens with one attached hydrogen (secondary N) is 1. The second-order valence-electron chi connectivity index (χ2n) is 9.55. The third-order valence-corrected chi connectivity index (χ3v) is 7.38. The lowest BCUT2D eigenvalue weighted by atomic mass is 9.74. The Hall–Kier alpha value is -3.77. The molecule has 2 amide bonds. The largest absolute Gasteiger partial charge is 0.349 e. The Morgan fingerprint density at radius 2 is 2.00 bits per heavy atom. The molecule has 9 nitrogen and oxygen atoms in total. The molecular formula is C25H22ClN7O2. The van der Waals surface area contributed by atoms with Gasteiger partial charge in [0.2, 0.25) is 11.9 Å². The molecule has 3 heterocycles. The van der Waals surface area contributed by atoms with Crippen molar-refractivity contribution >= 4 is 29.4 Å². The molecule has 1 saturated heterocycles. The van der Waals surface area contributed by atoms with Crippen molar-refractivity contribution in [2.45, 2.75) is 37.8 Å². The number of hydrogen-bond acceptors (Lipinski definition) is 6. The quantitative estimate of drug-likeness (QED) is 0.571. The van der Waals surface area contributed by atoms with Gasteiger partial charge < -0.3 is 5.32 Å². The average Bonchev–Trinajstić information content (AvgIpc) is 3.33. The van der Waals surface area contributed by atoms with E-state index < -0.39 is 0 Å². The monoisotopic (exact) mass is 487 g/mol. The first-order chi connectivity index (χ1) is 17.0. The Morgan fingerprint density at radius 3 is 2.71 bits per heavy atom. The van der Waals surface area contributed by atoms with Crippen LogP contribution >= 0.6 is 11.6 Å². The minimum Gasteiger partial charge on any atom is -0.349 e. The highest BCUT2D eigenvalue weighted by Crippen LogP contribution is 2.46. The molecule has 6 rings (SSSR count). The number of amides is 2. The van der Waals surface area contributed by atoms with Crippen molar-refractivity contribution in [1.29, 1.82) is 5.26 Å². The standard InChI is InChI=1S/C25H22ClN7O2/c26-19-2-1-15(7-27)21(6-19)16-3-20(4-16)31-23(34)18-10-30-32(12-18)11-14-8-28-25(29-9-14)33-13-17-5-22(17)24(33)35/h1-2,6,8-10,12,16-17,20,22H,3-5,11,13H2,(H,31,34)/t16?,17-,20?,22-/m0/s1. The Balaban J connectivity index is 1.03. The molecule has 3 fully saturated rings. The van der Waals surface area contributed by atoms with Gasteiger partial charge in [0.25, 0.3) is 5.91 Å². The summed E-state index contributed by atoms with van der Waals surface area (Å²) >= 11 is 6.10. The van der Waals surface area contributed by atoms with E-state index in [0.717, 1.165) is 30.4 Å². The molecule has 2 saturated carbocycles. The molecule has 2 aromatic heterocycles. The van der Waals surface area contributed by atoms with Crippen LogP contribution in [0, 0.1) is 23.2 Å². The number of nitrogens with zero attached hydrogens (tertiary/aromatic N) is 6. The minimum absolute atomic E-state index is 0.0432. The number of carbonyl (C=O) groups excluding carboxylic acids is 2. The smallest absolute Gasteiger partial charge is 0.254 e. The Labute approximate surface area is 206 Å². The summed E-state index contributed by atoms with van der Waals surface area (Å²) in [7, 11) is 0. The van der Waals surface area contributed by atoms with E-state index in [0.29, 0.717) is 41.1 Å². The van der Waals surface area contributed by atoms with Crippen LogP contribution in [0.1, 0.15) is 52.2 Å². The molecule has 2 aliphatic carbocycles. The lowest BCUT2D eigenvalue weighted by Crippen LogP contribution is -2.43. The molecule has 176 valence electrons. The highest BCUT2D eigenvalue weighted by Gasteiger charge is 2.53. The van der Waals surface area contributed by atoms with Crippen LogP contribution < -0.4 is 10.2 Å². The van der Waals surface area contributed by atoms with Gasteiger partial charge in [-0.15, -0.1) is 0 Å². The van der Waals surface area contributed by atoms with Crippen molar-refractivity contribution in [2.24, 2.45) is 11.8 Å². The predicted molar refractivity (Wildman–Crippen MR) is 127 cm³/mol. The normalized spacial score (nSPS) is 24.5. The van der Waals surface area contributed by atoms with Gasteiger partial charge in [-0.1, -0.05) is 11.6 Å². The van der Waals surface area contributed by atoms with E-state index in [1.54, 1.807) is 46.5 Å². The van der Waals surface area contributed by atoms with Crippen molar-refractivity contribution in [2.75, 3.05) is 11.4 Å². The Kier molecular flexibility index (Phi) is 5.26. The van der Waals surface area contributed by atoms with E-state index in [1.807, 2.05) is 6.07 Å². The summed E-state index contributed by atoms with van der Waals surface area (Å²) in [6, 6.07) is 7.56. The number of halogens is 1. The predicted octanol–water partition coefficient (Wildman–Crippen LogP) is 2.91. The fourth-order valence-corrected chi connectivity index (χ4v) is 5.19. The van der Waals surface area contributed by atoms with Crippen LogP contribution in [0.2, 0.25) is 5.02 Å². The molecule has 0 bridgehead atoms. The number of fused-ring (bicyclic) bond motifs is 1. The summed E-state index contributed by atoms with van der Waals surface area (Å²) in [5.74, 6) is 1.25. The van der Waals surface area contributed by atoms with E-state index in [2.05, 4.69) is 26.5 Å². The van der Waals surface area contributed by atoms with Crippen molar-refractivity contribution in [3.8, 4) is 6.07 Å². The van der Waals surface area contributed by atoms with Gasteiger partial charge in [0.1, 0.15) is 0 Å². The number of hydrogen-bond donors (Lipinski definition) is 1. The second-order valence-corrected chi connectivity index (χ2v) is 9.99. The number of benzene rings is 1. The molecule has 0 spiro atoms. The van der Waals surface area contributed by atoms with Gasteiger partial charge in [0.05, 0.1) is 29.9 Å². The van der Waals surface area contributed by atoms with Crippen LogP contribution in [0.3, 0.4) is 0 Å². The lowest BCUT2D eigenvalue weighted by molar-refractivity contribution is -0.118. The van der Waals surface area contributed by atoms with Crippen molar-refractivity contribution < 1.29 is 9.59 Å². The molecule has 2 atom stereocenters. The average molecular weight is 488 g/mol. The summed E-state index contributed by atoms with van der Waals surface area (Å²) in [4.78, 5) is 35.3. The van der Waals surface area contributed by atoms with Crippen LogP contribution in [0.4, 0.5) is 5.95 Å². The SMILES string of the molecule is N#Cc1ccc(Cl)cc1C1CC(NC(=O)c2cnn(Cc3cnc(N4C[C@@H]5C[C@@H]5C4=O)nc3)c2)C1. The lowest BCUT2D eigenvalue weighted by Gasteiger charge is -2.36. The van der Waals surface area contributed by atoms with Gasteiger partial charge in [0, 0.05) is 47.7 Å². The van der Waals surface area contributed by atoms with E-state index in [9.17, 15) is 14.9 Å². The zero-order chi connectivity index (χ0) is 24.1. The second kappa shape index (κ2) is 8.47. The number of rotatable bonds is 6. The van der Waals surface area contributed by atoms with Crippen LogP contribution in [0.5, 0.6) is 0 Å². The molecule has 3 aliphatic rings. The number of aromatic nitrogens is 4. The zero-order valence-corrected chi connectivity index (χ0v) is 19.5. The first kappa shape index (κ1) is 21.7. The van der Waals surface area contributed by atoms with Gasteiger partial charge in [-0.3, -0.25) is 19.2 Å². The van der Waals surface area contributed by atoms with E-state index in [4.69, 9.17) is 11.6 Å². The van der Waals surface area contributed by atoms with Crippen LogP contribution in [-0.4, -0.2) is 44.1 Å². The fourth-order valence-electron chi connectivity index (χ4n) is 5.01. The number of carbonyl (C=O) groups is 2. The van der Waals surface area contributed by atoms with Gasteiger partial charge >= 0.3 is 0 Å². The van der Waals surface area contributed by atoms with Crippen LogP contribution in [0.15, 0.2) is 43.0 Å². The number of anilines is 1.